The van der Waals surface area contributed by atoms with Gasteiger partial charge in [-0.15, -0.1) is 0 Å². The predicted octanol–water partition coefficient (Wildman–Crippen LogP) is 11.0. The van der Waals surface area contributed by atoms with Crippen LogP contribution in [0.25, 0.3) is 65.9 Å². The van der Waals surface area contributed by atoms with Gasteiger partial charge in [0.1, 0.15) is 13.1 Å². The lowest BCUT2D eigenvalue weighted by atomic mass is 9.91. The smallest absolute Gasteiger partial charge is 0.331 e. The number of hydrogen-bond acceptors (Lipinski definition) is 0. The molecule has 8 heteroatoms. The van der Waals surface area contributed by atoms with E-state index in [1.54, 1.807) is 36.4 Å². The number of aromatic nitrogens is 2. The Balaban J connectivity index is 1.33. The molecule has 0 atom stereocenters. The number of halogens is 6. The lowest BCUT2D eigenvalue weighted by Gasteiger charge is -2.15. The van der Waals surface area contributed by atoms with Gasteiger partial charge in [-0.3, -0.25) is 0 Å². The molecule has 2 heterocycles. The van der Waals surface area contributed by atoms with Crippen LogP contribution < -0.4 is 0 Å². The quantitative estimate of drug-likeness (QED) is 0.178. The number of para-hydroxylation sites is 2. The summed E-state index contributed by atoms with van der Waals surface area (Å²) in [5.74, 6) is 0. The fourth-order valence-electron chi connectivity index (χ4n) is 6.58. The average Bonchev–Trinajstić information content (AvgIpc) is 3.44. The molecule has 0 aliphatic heterocycles. The van der Waals surface area contributed by atoms with Crippen LogP contribution in [0.1, 0.15) is 11.1 Å². The Kier molecular flexibility index (Phi) is 6.32. The van der Waals surface area contributed by atoms with Crippen LogP contribution in [0.15, 0.2) is 97.1 Å². The van der Waals surface area contributed by atoms with Gasteiger partial charge in [0.25, 0.3) is 0 Å². The van der Waals surface area contributed by atoms with Crippen molar-refractivity contribution in [3.63, 3.8) is 0 Å². The molecule has 222 valence electrons. The second kappa shape index (κ2) is 9.91. The van der Waals surface area contributed by atoms with Crippen molar-refractivity contribution in [2.75, 3.05) is 0 Å². The molecule has 0 N–H and O–H groups in total. The maximum atomic E-state index is 13.5. The second-order valence-electron chi connectivity index (χ2n) is 11.4. The van der Waals surface area contributed by atoms with Crippen LogP contribution in [0.2, 0.25) is 0 Å². The van der Waals surface area contributed by atoms with Crippen molar-refractivity contribution in [3.05, 3.63) is 108 Å². The molecule has 0 aliphatic carbocycles. The van der Waals surface area contributed by atoms with Crippen LogP contribution in [0.5, 0.6) is 0 Å². The Bertz CT molecular complexity index is 2070. The highest BCUT2D eigenvalue weighted by Crippen LogP contribution is 2.39. The standard InChI is InChI=1S/C36H26F6N2/c1-21-15-28(24-12-14-34-30(18-24)26-8-4-6-10-32(26)44(34)20-36(40,41)42)22(2)16-27(21)23-11-13-33-29(17-23)25-7-3-5-9-31(25)43(33)19-35(37,38)39/h3-18H,19-20H2,1-2H3. The summed E-state index contributed by atoms with van der Waals surface area (Å²) in [6.45, 7) is 1.84. The van der Waals surface area contributed by atoms with Crippen molar-refractivity contribution in [1.82, 2.24) is 9.13 Å². The van der Waals surface area contributed by atoms with E-state index in [1.165, 1.54) is 9.13 Å². The third-order valence-corrected chi connectivity index (χ3v) is 8.41. The second-order valence-corrected chi connectivity index (χ2v) is 11.4. The van der Waals surface area contributed by atoms with E-state index >= 15 is 0 Å². The summed E-state index contributed by atoms with van der Waals surface area (Å²) in [6, 6.07) is 29.5. The largest absolute Gasteiger partial charge is 0.406 e. The fourth-order valence-corrected chi connectivity index (χ4v) is 6.58. The first kappa shape index (κ1) is 28.1. The van der Waals surface area contributed by atoms with E-state index in [0.717, 1.165) is 54.9 Å². The van der Waals surface area contributed by atoms with Crippen molar-refractivity contribution < 1.29 is 26.3 Å². The number of alkyl halides is 6. The molecule has 7 rings (SSSR count). The molecule has 2 nitrogen and oxygen atoms in total. The SMILES string of the molecule is Cc1cc(-c2ccc3c(c2)c2ccccc2n3CC(F)(F)F)c(C)cc1-c1ccc2c(c1)c1ccccc1n2CC(F)(F)F. The third-order valence-electron chi connectivity index (χ3n) is 8.41. The molecule has 0 aliphatic rings. The number of aryl methyl sites for hydroxylation is 2. The van der Waals surface area contributed by atoms with E-state index in [2.05, 4.69) is 12.1 Å². The van der Waals surface area contributed by atoms with Crippen molar-refractivity contribution >= 4 is 43.6 Å². The van der Waals surface area contributed by atoms with Gasteiger partial charge in [0, 0.05) is 43.6 Å². The summed E-state index contributed by atoms with van der Waals surface area (Å²) in [5.41, 5.74) is 7.78. The van der Waals surface area contributed by atoms with Crippen molar-refractivity contribution in [1.29, 1.82) is 0 Å². The van der Waals surface area contributed by atoms with E-state index in [1.807, 2.05) is 62.4 Å². The lowest BCUT2D eigenvalue weighted by Crippen LogP contribution is -2.17. The maximum absolute atomic E-state index is 13.5. The minimum absolute atomic E-state index is 0.524. The Hall–Kier alpha value is -4.72. The molecule has 0 bridgehead atoms. The van der Waals surface area contributed by atoms with Gasteiger partial charge in [0.05, 0.1) is 0 Å². The van der Waals surface area contributed by atoms with E-state index in [4.69, 9.17) is 0 Å². The highest BCUT2D eigenvalue weighted by atomic mass is 19.4. The van der Waals surface area contributed by atoms with Gasteiger partial charge in [0.2, 0.25) is 0 Å². The van der Waals surface area contributed by atoms with Crippen LogP contribution in [0.4, 0.5) is 26.3 Å². The van der Waals surface area contributed by atoms with Gasteiger partial charge in [-0.05, 0) is 83.6 Å². The normalized spacial score (nSPS) is 12.7. The van der Waals surface area contributed by atoms with Crippen LogP contribution >= 0.6 is 0 Å². The van der Waals surface area contributed by atoms with Crippen molar-refractivity contribution in [3.8, 4) is 22.3 Å². The molecule has 0 unspecified atom stereocenters. The Labute approximate surface area is 248 Å². The van der Waals surface area contributed by atoms with Gasteiger partial charge in [-0.25, -0.2) is 0 Å². The van der Waals surface area contributed by atoms with E-state index in [0.29, 0.717) is 22.1 Å². The van der Waals surface area contributed by atoms with E-state index in [9.17, 15) is 26.3 Å². The summed E-state index contributed by atoms with van der Waals surface area (Å²) in [6.07, 6.45) is -8.71. The molecule has 0 amide bonds. The Morgan fingerprint density at radius 3 is 1.20 bits per heavy atom. The monoisotopic (exact) mass is 600 g/mol. The molecule has 0 fully saturated rings. The van der Waals surface area contributed by atoms with E-state index < -0.39 is 25.4 Å². The first-order valence-corrected chi connectivity index (χ1v) is 14.2. The summed E-state index contributed by atoms with van der Waals surface area (Å²) >= 11 is 0. The number of fused-ring (bicyclic) bond motifs is 6. The third kappa shape index (κ3) is 4.78. The molecule has 0 radical (unpaired) electrons. The highest BCUT2D eigenvalue weighted by Gasteiger charge is 2.31. The zero-order valence-corrected chi connectivity index (χ0v) is 23.8. The van der Waals surface area contributed by atoms with Gasteiger partial charge in [-0.2, -0.15) is 26.3 Å². The summed E-state index contributed by atoms with van der Waals surface area (Å²) in [4.78, 5) is 0. The summed E-state index contributed by atoms with van der Waals surface area (Å²) < 4.78 is 83.4. The highest BCUT2D eigenvalue weighted by molar-refractivity contribution is 6.10. The van der Waals surface area contributed by atoms with Crippen LogP contribution in [-0.2, 0) is 13.1 Å². The van der Waals surface area contributed by atoms with Crippen molar-refractivity contribution in [2.24, 2.45) is 0 Å². The average molecular weight is 601 g/mol. The zero-order valence-electron chi connectivity index (χ0n) is 23.8. The van der Waals surface area contributed by atoms with Gasteiger partial charge < -0.3 is 9.13 Å². The lowest BCUT2D eigenvalue weighted by molar-refractivity contribution is -0.140. The molecular formula is C36H26F6N2. The van der Waals surface area contributed by atoms with Crippen LogP contribution in [-0.4, -0.2) is 21.5 Å². The van der Waals surface area contributed by atoms with Gasteiger partial charge in [0.15, 0.2) is 0 Å². The first-order chi connectivity index (χ1) is 20.9. The number of nitrogens with zero attached hydrogens (tertiary/aromatic N) is 2. The molecular weight excluding hydrogens is 574 g/mol. The first-order valence-electron chi connectivity index (χ1n) is 14.2. The number of rotatable bonds is 4. The maximum Gasteiger partial charge on any atom is 0.406 e. The zero-order chi connectivity index (χ0) is 31.0. The Morgan fingerprint density at radius 1 is 0.455 bits per heavy atom. The van der Waals surface area contributed by atoms with Crippen molar-refractivity contribution in [2.45, 2.75) is 39.3 Å². The van der Waals surface area contributed by atoms with E-state index in [-0.39, 0.29) is 0 Å². The Morgan fingerprint density at radius 2 is 0.818 bits per heavy atom. The van der Waals surface area contributed by atoms with Crippen LogP contribution in [0.3, 0.4) is 0 Å². The fraction of sp³-hybridized carbons (Fsp3) is 0.167. The molecule has 7 aromatic rings. The predicted molar refractivity (Wildman–Crippen MR) is 165 cm³/mol. The number of benzene rings is 5. The molecule has 5 aromatic carbocycles. The molecule has 0 spiro atoms. The molecule has 0 saturated heterocycles. The molecule has 44 heavy (non-hydrogen) atoms. The summed E-state index contributed by atoms with van der Waals surface area (Å²) in [7, 11) is 0. The molecule has 0 saturated carbocycles. The van der Waals surface area contributed by atoms with Gasteiger partial charge >= 0.3 is 12.4 Å². The topological polar surface area (TPSA) is 9.86 Å². The minimum atomic E-state index is -4.35. The number of hydrogen-bond donors (Lipinski definition) is 0. The van der Waals surface area contributed by atoms with Crippen LogP contribution in [0, 0.1) is 13.8 Å². The molecule has 2 aromatic heterocycles. The summed E-state index contributed by atoms with van der Waals surface area (Å²) in [5, 5.41) is 3.03. The van der Waals surface area contributed by atoms with Gasteiger partial charge in [-0.1, -0.05) is 60.7 Å². The minimum Gasteiger partial charge on any atom is -0.331 e.